The van der Waals surface area contributed by atoms with E-state index in [4.69, 9.17) is 24.6 Å². The summed E-state index contributed by atoms with van der Waals surface area (Å²) in [4.78, 5) is 212. The minimum atomic E-state index is -1.90. The summed E-state index contributed by atoms with van der Waals surface area (Å²) < 4.78 is 18.2. The van der Waals surface area contributed by atoms with Crippen molar-refractivity contribution in [3.63, 3.8) is 0 Å². The molecule has 0 saturated carbocycles. The molecule has 0 bridgehead atoms. The molecular formula is C62H84N12O17. The summed E-state index contributed by atoms with van der Waals surface area (Å²) in [6, 6.07) is -8.67. The number of benzene rings is 2. The summed E-state index contributed by atoms with van der Waals surface area (Å²) in [5, 5.41) is 10.5. The average Bonchev–Trinajstić information content (AvgIpc) is 1.35. The van der Waals surface area contributed by atoms with Crippen LogP contribution in [-0.4, -0.2) is 226 Å². The maximum atomic E-state index is 15.2. The molecule has 1 aromatic rings. The number of carbonyl (C=O) groups is 13. The fourth-order valence-corrected chi connectivity index (χ4v) is 12.1. The van der Waals surface area contributed by atoms with E-state index in [1.807, 2.05) is 0 Å². The van der Waals surface area contributed by atoms with Gasteiger partial charge in [-0.15, -0.1) is 0 Å². The van der Waals surface area contributed by atoms with Gasteiger partial charge < -0.3 is 70.3 Å². The van der Waals surface area contributed by atoms with Crippen LogP contribution in [0.4, 0.5) is 5.69 Å². The molecule has 10 atom stereocenters. The van der Waals surface area contributed by atoms with Gasteiger partial charge in [0.25, 0.3) is 11.8 Å². The zero-order valence-corrected chi connectivity index (χ0v) is 54.3. The Morgan fingerprint density at radius 2 is 1.10 bits per heavy atom. The number of nitrogens with two attached hydrogens (primary N) is 1. The van der Waals surface area contributed by atoms with Crippen molar-refractivity contribution in [3.05, 3.63) is 44.6 Å². The van der Waals surface area contributed by atoms with Gasteiger partial charge in [0.15, 0.2) is 17.1 Å². The molecule has 10 unspecified atom stereocenters. The first-order chi connectivity index (χ1) is 42.5. The minimum Gasteiger partial charge on any atom is -0.458 e. The number of esters is 2. The van der Waals surface area contributed by atoms with Crippen LogP contribution in [-0.2, 0) is 62.2 Å². The monoisotopic (exact) mass is 1270 g/mol. The molecule has 5 heterocycles. The molecule has 91 heavy (non-hydrogen) atoms. The quantitative estimate of drug-likeness (QED) is 0.112. The van der Waals surface area contributed by atoms with Gasteiger partial charge in [0.05, 0.1) is 36.4 Å². The highest BCUT2D eigenvalue weighted by atomic mass is 16.6. The normalized spacial score (nSPS) is 26.1. The van der Waals surface area contributed by atoms with Crippen LogP contribution in [0.25, 0.3) is 22.6 Å². The molecular weight excluding hydrogens is 1180 g/mol. The zero-order chi connectivity index (χ0) is 67.8. The van der Waals surface area contributed by atoms with Gasteiger partial charge in [0.1, 0.15) is 71.8 Å². The van der Waals surface area contributed by atoms with Crippen LogP contribution in [0.1, 0.15) is 120 Å². The Bertz CT molecular complexity index is 3510. The summed E-state index contributed by atoms with van der Waals surface area (Å²) in [6.07, 6.45) is -2.85. The second kappa shape index (κ2) is 27.6. The van der Waals surface area contributed by atoms with Crippen molar-refractivity contribution in [2.45, 2.75) is 163 Å². The van der Waals surface area contributed by atoms with Crippen molar-refractivity contribution in [2.75, 3.05) is 60.1 Å². The van der Waals surface area contributed by atoms with E-state index in [1.165, 1.54) is 70.9 Å². The fraction of sp³-hybridized carbons (Fsp3) is 0.597. The van der Waals surface area contributed by atoms with E-state index in [0.29, 0.717) is 12.0 Å². The minimum absolute atomic E-state index is 0.105. The molecule has 0 radical (unpaired) electrons. The van der Waals surface area contributed by atoms with Crippen molar-refractivity contribution in [1.29, 1.82) is 0 Å². The first kappa shape index (κ1) is 69.4. The maximum Gasteiger partial charge on any atom is 0.329 e. The van der Waals surface area contributed by atoms with Gasteiger partial charge in [-0.2, -0.15) is 0 Å². The molecule has 4 fully saturated rings. The third-order valence-corrected chi connectivity index (χ3v) is 17.4. The Hall–Kier alpha value is -9.05. The number of likely N-dealkylation sites (N-methyl/N-ethyl adjacent to an activating group) is 4. The number of ketones is 1. The number of Topliss-reactive ketones (excluding diaryl/α,β-unsaturated/α-hetero) is 1. The molecule has 29 nitrogen and oxygen atoms in total. The number of nitrogens with zero attached hydrogens (tertiary/aromatic N) is 7. The molecule has 0 aromatic heterocycles. The number of ether oxygens (including phenoxy) is 2. The number of nitrogens with one attached hydrogen (secondary N) is 4. The van der Waals surface area contributed by atoms with Crippen molar-refractivity contribution < 1.29 is 76.2 Å². The summed E-state index contributed by atoms with van der Waals surface area (Å²) >= 11 is 0. The standard InChI is InChI=1S/C62H84N12O17/c1-26(2)42-59(85)73-21-17-18-36(73)57(83)69(13)24-38(76)71(15)49(29(7)8)62(88)90-33(12)45(56(82)65-42)68-54(80)40-41(63)50(78)31(10)52-47(40)64-46-35(20-19-30(9)51(46)91-52)53(79)67-44-32(11)89-61(87)48(28(5)6)72(16)39(77)25-70(14)58(84)37-22-34(75)23-74(37)60(86)43(27(3)4)66-55(44)81/h19-20,26-29,32-33,36-37,42-45,48-49H,17-18,21-25,63H2,1-16H3,(H,65,82)(H,66,81)(H,67,79)(H,68,80). The molecule has 6 aliphatic rings. The average molecular weight is 1270 g/mol. The lowest BCUT2D eigenvalue weighted by atomic mass is 9.98. The van der Waals surface area contributed by atoms with E-state index in [1.54, 1.807) is 62.3 Å². The highest BCUT2D eigenvalue weighted by Crippen LogP contribution is 2.35. The second-order valence-corrected chi connectivity index (χ2v) is 25.6. The molecule has 1 aromatic carbocycles. The number of anilines is 1. The highest BCUT2D eigenvalue weighted by molar-refractivity contribution is 6.11. The number of carbonyl (C=O) groups excluding carboxylic acids is 13. The Kier molecular flexibility index (Phi) is 21.0. The highest BCUT2D eigenvalue weighted by Gasteiger charge is 2.48. The Labute approximate surface area is 526 Å². The number of cyclic esters (lactones) is 2. The Morgan fingerprint density at radius 3 is 1.58 bits per heavy atom. The molecule has 0 spiro atoms. The van der Waals surface area contributed by atoms with Crippen LogP contribution in [0.3, 0.4) is 0 Å². The lowest BCUT2D eigenvalue weighted by Gasteiger charge is -2.36. The number of amides is 10. The molecule has 5 aliphatic heterocycles. The van der Waals surface area contributed by atoms with Crippen LogP contribution in [0.5, 0.6) is 0 Å². The van der Waals surface area contributed by atoms with Gasteiger partial charge in [0.2, 0.25) is 52.7 Å². The number of rotatable bonds is 8. The largest absolute Gasteiger partial charge is 0.458 e. The predicted octanol–water partition coefficient (Wildman–Crippen LogP) is -0.0954. The molecule has 7 rings (SSSR count). The van der Waals surface area contributed by atoms with Gasteiger partial charge in [-0.3, -0.25) is 57.5 Å². The van der Waals surface area contributed by atoms with Crippen LogP contribution < -0.4 is 32.4 Å². The molecule has 10 amide bonds. The molecule has 4 saturated heterocycles. The van der Waals surface area contributed by atoms with E-state index in [9.17, 15) is 57.5 Å². The number of aryl methyl sites for hydroxylation is 1. The lowest BCUT2D eigenvalue weighted by molar-refractivity contribution is -0.163. The second-order valence-electron chi connectivity index (χ2n) is 25.6. The van der Waals surface area contributed by atoms with Gasteiger partial charge in [-0.1, -0.05) is 61.5 Å². The molecule has 1 aliphatic carbocycles. The summed E-state index contributed by atoms with van der Waals surface area (Å²) in [5.41, 5.74) is 3.33. The van der Waals surface area contributed by atoms with Crippen LogP contribution in [0, 0.1) is 37.5 Å². The van der Waals surface area contributed by atoms with Crippen molar-refractivity contribution in [1.82, 2.24) is 55.7 Å². The molecule has 494 valence electrons. The lowest BCUT2D eigenvalue weighted by Crippen LogP contribution is -2.61. The number of hydrogen-bond acceptors (Lipinski definition) is 19. The first-order valence-electron chi connectivity index (χ1n) is 30.4. The topological polar surface area (TPSA) is 377 Å². The van der Waals surface area contributed by atoms with Gasteiger partial charge in [-0.05, 0) is 75.8 Å². The number of aromatic nitrogens is 1. The van der Waals surface area contributed by atoms with Gasteiger partial charge in [0, 0.05) is 46.7 Å². The SMILES string of the molecule is Cc1c2oc3c(C)ccc(C(=O)NC4C(=O)NC(C(C)C)C(=O)N5CC(=O)CC5C(=O)N(C)CC(=O)N(C)C(C(C)C)C(=O)OC4C)c3nc-2c(C(=O)NC2C(=O)NC(C(C)C)C(=O)N3CCCC3C(=O)N(C)CC(=O)N(C)C(C(C)C)C(=O)OC2C)c(N)c1=O. The number of nitrogen functional groups attached to an aromatic ring is 1. The summed E-state index contributed by atoms with van der Waals surface area (Å²) in [7, 11) is 5.41. The molecule has 6 N–H and O–H groups in total. The maximum absolute atomic E-state index is 15.2. The Balaban J connectivity index is 1.32. The van der Waals surface area contributed by atoms with E-state index < -0.39 is 203 Å². The summed E-state index contributed by atoms with van der Waals surface area (Å²) in [6.45, 7) is 17.2. The third-order valence-electron chi connectivity index (χ3n) is 17.4. The van der Waals surface area contributed by atoms with Gasteiger partial charge in [-0.25, -0.2) is 14.6 Å². The zero-order valence-electron chi connectivity index (χ0n) is 54.3. The fourth-order valence-electron chi connectivity index (χ4n) is 12.1. The van der Waals surface area contributed by atoms with E-state index >= 15 is 9.59 Å². The van der Waals surface area contributed by atoms with E-state index in [0.717, 1.165) is 19.6 Å². The van der Waals surface area contributed by atoms with Crippen LogP contribution in [0.15, 0.2) is 21.3 Å². The van der Waals surface area contributed by atoms with Crippen molar-refractivity contribution in [2.24, 2.45) is 23.7 Å². The van der Waals surface area contributed by atoms with Crippen molar-refractivity contribution >= 4 is 93.6 Å². The number of fused-ring (bicyclic) bond motifs is 4. The molecule has 29 heteroatoms. The predicted molar refractivity (Wildman–Crippen MR) is 326 cm³/mol. The third kappa shape index (κ3) is 14.0. The van der Waals surface area contributed by atoms with E-state index in [-0.39, 0.29) is 47.4 Å². The van der Waals surface area contributed by atoms with Crippen LogP contribution in [0.2, 0.25) is 0 Å². The van der Waals surface area contributed by atoms with Crippen molar-refractivity contribution in [3.8, 4) is 11.5 Å². The smallest absolute Gasteiger partial charge is 0.329 e. The van der Waals surface area contributed by atoms with E-state index in [2.05, 4.69) is 21.3 Å². The van der Waals surface area contributed by atoms with Crippen LogP contribution >= 0.6 is 0 Å². The van der Waals surface area contributed by atoms with Gasteiger partial charge >= 0.3 is 11.9 Å². The summed E-state index contributed by atoms with van der Waals surface area (Å²) in [5.74, 6) is -13.8. The Morgan fingerprint density at radius 1 is 0.626 bits per heavy atom. The first-order valence-corrected chi connectivity index (χ1v) is 30.4. The number of hydrogen-bond donors (Lipinski definition) is 5.